The molecule has 34 heavy (non-hydrogen) atoms. The van der Waals surface area contributed by atoms with Crippen LogP contribution in [0.25, 0.3) is 10.9 Å². The standard InChI is InChI=1S/C21H21FN8.C2H4O2/c1-13-17(16-6-4-5-7-18(16)24-13)12-23-29-20-26-19(27-21(28-20)30(2)3)25-15-10-8-14(22)9-11-15;1-2(3)4/h4-12,24H,1-3H3,(H2,25,26,27,28,29);1H3,(H,3,4). The second-order valence-corrected chi connectivity index (χ2v) is 7.41. The number of hydrogen-bond donors (Lipinski definition) is 4. The van der Waals surface area contributed by atoms with E-state index in [2.05, 4.69) is 35.8 Å². The van der Waals surface area contributed by atoms with Gasteiger partial charge in [-0.1, -0.05) is 18.2 Å². The van der Waals surface area contributed by atoms with Crippen LogP contribution in [-0.2, 0) is 4.79 Å². The number of hydrogen-bond acceptors (Lipinski definition) is 8. The van der Waals surface area contributed by atoms with Crippen molar-refractivity contribution in [2.24, 2.45) is 5.10 Å². The molecule has 0 saturated carbocycles. The SMILES string of the molecule is CC(=O)O.Cc1[nH]c2ccccc2c1C=NNc1nc(Nc2ccc(F)cc2)nc(N(C)C)n1. The highest BCUT2D eigenvalue weighted by Crippen LogP contribution is 2.20. The summed E-state index contributed by atoms with van der Waals surface area (Å²) in [6.45, 7) is 3.08. The largest absolute Gasteiger partial charge is 0.481 e. The van der Waals surface area contributed by atoms with Crippen LogP contribution >= 0.6 is 0 Å². The summed E-state index contributed by atoms with van der Waals surface area (Å²) in [5.74, 6) is -0.0848. The summed E-state index contributed by atoms with van der Waals surface area (Å²) in [7, 11) is 3.67. The van der Waals surface area contributed by atoms with Gasteiger partial charge in [-0.3, -0.25) is 4.79 Å². The van der Waals surface area contributed by atoms with Crippen molar-refractivity contribution in [3.63, 3.8) is 0 Å². The van der Waals surface area contributed by atoms with Crippen molar-refractivity contribution in [2.45, 2.75) is 13.8 Å². The van der Waals surface area contributed by atoms with Crippen LogP contribution in [-0.4, -0.2) is 51.3 Å². The molecule has 0 aliphatic carbocycles. The third kappa shape index (κ3) is 6.48. The van der Waals surface area contributed by atoms with Gasteiger partial charge in [0.15, 0.2) is 0 Å². The van der Waals surface area contributed by atoms with Crippen molar-refractivity contribution in [1.82, 2.24) is 19.9 Å². The molecule has 0 unspecified atom stereocenters. The lowest BCUT2D eigenvalue weighted by molar-refractivity contribution is -0.134. The molecule has 0 fully saturated rings. The van der Waals surface area contributed by atoms with Gasteiger partial charge in [-0.2, -0.15) is 20.1 Å². The molecule has 176 valence electrons. The fourth-order valence-corrected chi connectivity index (χ4v) is 2.95. The lowest BCUT2D eigenvalue weighted by atomic mass is 10.1. The van der Waals surface area contributed by atoms with E-state index in [4.69, 9.17) is 9.90 Å². The number of nitrogens with one attached hydrogen (secondary N) is 3. The molecule has 11 heteroatoms. The van der Waals surface area contributed by atoms with Gasteiger partial charge < -0.3 is 20.3 Å². The summed E-state index contributed by atoms with van der Waals surface area (Å²) in [5.41, 5.74) is 6.60. The number of H-pyrrole nitrogens is 1. The Balaban J connectivity index is 0.000000751. The molecular formula is C23H25FN8O2. The maximum Gasteiger partial charge on any atom is 0.300 e. The second kappa shape index (κ2) is 10.9. The zero-order chi connectivity index (χ0) is 24.7. The zero-order valence-electron chi connectivity index (χ0n) is 19.2. The fourth-order valence-electron chi connectivity index (χ4n) is 2.95. The predicted molar refractivity (Wildman–Crippen MR) is 131 cm³/mol. The van der Waals surface area contributed by atoms with E-state index in [0.29, 0.717) is 17.6 Å². The number of halogens is 1. The van der Waals surface area contributed by atoms with Crippen LogP contribution in [0.15, 0.2) is 53.6 Å². The molecule has 2 aromatic carbocycles. The quantitative estimate of drug-likeness (QED) is 0.247. The summed E-state index contributed by atoms with van der Waals surface area (Å²) in [4.78, 5) is 27.2. The smallest absolute Gasteiger partial charge is 0.300 e. The van der Waals surface area contributed by atoms with E-state index in [1.54, 1.807) is 23.2 Å². The number of anilines is 4. The van der Waals surface area contributed by atoms with Gasteiger partial charge in [0.2, 0.25) is 17.8 Å². The Morgan fingerprint density at radius 3 is 2.41 bits per heavy atom. The van der Waals surface area contributed by atoms with Crippen LogP contribution < -0.4 is 15.6 Å². The van der Waals surface area contributed by atoms with E-state index in [9.17, 15) is 4.39 Å². The van der Waals surface area contributed by atoms with Gasteiger partial charge in [0, 0.05) is 48.9 Å². The van der Waals surface area contributed by atoms with E-state index >= 15 is 0 Å². The number of hydrazone groups is 1. The minimum absolute atomic E-state index is 0.284. The Kier molecular flexibility index (Phi) is 7.70. The predicted octanol–water partition coefficient (Wildman–Crippen LogP) is 4.15. The number of aromatic nitrogens is 4. The topological polar surface area (TPSA) is 131 Å². The number of benzene rings is 2. The van der Waals surface area contributed by atoms with E-state index in [1.807, 2.05) is 45.3 Å². The van der Waals surface area contributed by atoms with Crippen molar-refractivity contribution in [2.75, 3.05) is 29.7 Å². The monoisotopic (exact) mass is 464 g/mol. The average Bonchev–Trinajstić information content (AvgIpc) is 3.10. The first-order chi connectivity index (χ1) is 16.2. The second-order valence-electron chi connectivity index (χ2n) is 7.41. The number of aromatic amines is 1. The van der Waals surface area contributed by atoms with Crippen LogP contribution in [0.5, 0.6) is 0 Å². The number of fused-ring (bicyclic) bond motifs is 1. The Bertz CT molecular complexity index is 1300. The molecule has 0 bridgehead atoms. The number of para-hydroxylation sites is 1. The number of rotatable bonds is 6. The molecule has 4 N–H and O–H groups in total. The van der Waals surface area contributed by atoms with Crippen molar-refractivity contribution in [3.8, 4) is 0 Å². The first-order valence-electron chi connectivity index (χ1n) is 10.2. The first kappa shape index (κ1) is 24.1. The van der Waals surface area contributed by atoms with Crippen LogP contribution in [0, 0.1) is 12.7 Å². The number of aryl methyl sites for hydroxylation is 1. The molecule has 4 rings (SSSR count). The van der Waals surface area contributed by atoms with E-state index in [-0.39, 0.29) is 11.8 Å². The van der Waals surface area contributed by atoms with Crippen LogP contribution in [0.1, 0.15) is 18.2 Å². The minimum atomic E-state index is -0.833. The Labute approximate surface area is 195 Å². The molecule has 0 spiro atoms. The molecule has 4 aromatic rings. The number of carbonyl (C=O) groups is 1. The van der Waals surface area contributed by atoms with Gasteiger partial charge in [-0.05, 0) is 37.3 Å². The molecule has 2 heterocycles. The van der Waals surface area contributed by atoms with Gasteiger partial charge in [0.25, 0.3) is 5.97 Å². The summed E-state index contributed by atoms with van der Waals surface area (Å²) in [5, 5.41) is 15.9. The van der Waals surface area contributed by atoms with Gasteiger partial charge in [-0.15, -0.1) is 0 Å². The molecule has 0 atom stereocenters. The average molecular weight is 465 g/mol. The zero-order valence-corrected chi connectivity index (χ0v) is 19.2. The maximum absolute atomic E-state index is 13.1. The molecular weight excluding hydrogens is 439 g/mol. The summed E-state index contributed by atoms with van der Waals surface area (Å²) in [6, 6.07) is 14.0. The van der Waals surface area contributed by atoms with Gasteiger partial charge in [0.05, 0.1) is 6.21 Å². The van der Waals surface area contributed by atoms with Gasteiger partial charge in [0.1, 0.15) is 5.82 Å². The Hall–Kier alpha value is -4.54. The minimum Gasteiger partial charge on any atom is -0.481 e. The highest BCUT2D eigenvalue weighted by molar-refractivity contribution is 6.00. The van der Waals surface area contributed by atoms with Gasteiger partial charge in [-0.25, -0.2) is 9.82 Å². The third-order valence-corrected chi connectivity index (χ3v) is 4.43. The van der Waals surface area contributed by atoms with Crippen LogP contribution in [0.3, 0.4) is 0 Å². The molecule has 2 aromatic heterocycles. The lowest BCUT2D eigenvalue weighted by Crippen LogP contribution is -2.15. The van der Waals surface area contributed by atoms with E-state index < -0.39 is 5.97 Å². The summed E-state index contributed by atoms with van der Waals surface area (Å²) >= 11 is 0. The molecule has 0 aliphatic rings. The highest BCUT2D eigenvalue weighted by atomic mass is 19.1. The Morgan fingerprint density at radius 2 is 1.74 bits per heavy atom. The van der Waals surface area contributed by atoms with Crippen molar-refractivity contribution in [1.29, 1.82) is 0 Å². The highest BCUT2D eigenvalue weighted by Gasteiger charge is 2.09. The van der Waals surface area contributed by atoms with E-state index in [1.165, 1.54) is 12.1 Å². The number of carboxylic acids is 1. The first-order valence-corrected chi connectivity index (χ1v) is 10.2. The fraction of sp³-hybridized carbons (Fsp3) is 0.174. The molecule has 0 amide bonds. The lowest BCUT2D eigenvalue weighted by Gasteiger charge is -2.13. The van der Waals surface area contributed by atoms with Crippen molar-refractivity contribution < 1.29 is 14.3 Å². The van der Waals surface area contributed by atoms with E-state index in [0.717, 1.165) is 29.1 Å². The molecule has 0 radical (unpaired) electrons. The number of nitrogens with zero attached hydrogens (tertiary/aromatic N) is 5. The van der Waals surface area contributed by atoms with Crippen LogP contribution in [0.4, 0.5) is 27.9 Å². The third-order valence-electron chi connectivity index (χ3n) is 4.43. The maximum atomic E-state index is 13.1. The van der Waals surface area contributed by atoms with Crippen LogP contribution in [0.2, 0.25) is 0 Å². The molecule has 0 saturated heterocycles. The number of aliphatic carboxylic acids is 1. The summed E-state index contributed by atoms with van der Waals surface area (Å²) < 4.78 is 13.1. The summed E-state index contributed by atoms with van der Waals surface area (Å²) in [6.07, 6.45) is 1.74. The normalized spacial score (nSPS) is 10.6. The Morgan fingerprint density at radius 1 is 1.09 bits per heavy atom. The van der Waals surface area contributed by atoms with Crippen molar-refractivity contribution in [3.05, 3.63) is 65.6 Å². The molecule has 0 aliphatic heterocycles. The molecule has 10 nitrogen and oxygen atoms in total. The van der Waals surface area contributed by atoms with Crippen molar-refractivity contribution >= 4 is 46.6 Å². The van der Waals surface area contributed by atoms with Gasteiger partial charge >= 0.3 is 0 Å². The number of carboxylic acid groups (broad SMARTS) is 1.